The smallest absolute Gasteiger partial charge is 0.258 e. The summed E-state index contributed by atoms with van der Waals surface area (Å²) in [7, 11) is 0. The van der Waals surface area contributed by atoms with Crippen LogP contribution in [0.15, 0.2) is 36.5 Å². The van der Waals surface area contributed by atoms with E-state index in [0.29, 0.717) is 11.3 Å². The van der Waals surface area contributed by atoms with Crippen LogP contribution in [0.4, 0.5) is 10.1 Å². The van der Waals surface area contributed by atoms with Crippen LogP contribution in [-0.4, -0.2) is 16.7 Å². The van der Waals surface area contributed by atoms with Gasteiger partial charge in [-0.1, -0.05) is 23.7 Å². The van der Waals surface area contributed by atoms with Crippen LogP contribution >= 0.6 is 11.6 Å². The fourth-order valence-electron chi connectivity index (χ4n) is 1.60. The van der Waals surface area contributed by atoms with E-state index in [0.717, 1.165) is 12.3 Å². The Morgan fingerprint density at radius 3 is 2.75 bits per heavy atom. The minimum atomic E-state index is -0.656. The molecular weight excluding hydrogens is 283 g/mol. The van der Waals surface area contributed by atoms with E-state index >= 15 is 0 Å². The number of aromatic nitrogens is 1. The van der Waals surface area contributed by atoms with Gasteiger partial charge in [-0.15, -0.1) is 0 Å². The molecule has 4 nitrogen and oxygen atoms in total. The third-order valence-corrected chi connectivity index (χ3v) is 2.88. The van der Waals surface area contributed by atoms with Crippen LogP contribution in [0.2, 0.25) is 5.15 Å². The van der Waals surface area contributed by atoms with E-state index in [1.165, 1.54) is 13.0 Å². The number of pyridine rings is 1. The Kier molecular flexibility index (Phi) is 4.10. The van der Waals surface area contributed by atoms with Crippen LogP contribution in [0.5, 0.6) is 0 Å². The quantitative estimate of drug-likeness (QED) is 0.697. The van der Waals surface area contributed by atoms with Crippen LogP contribution in [0, 0.1) is 5.82 Å². The average molecular weight is 293 g/mol. The van der Waals surface area contributed by atoms with E-state index in [-0.39, 0.29) is 16.5 Å². The van der Waals surface area contributed by atoms with Crippen molar-refractivity contribution in [3.63, 3.8) is 0 Å². The average Bonchev–Trinajstić information content (AvgIpc) is 2.41. The molecule has 0 atom stereocenters. The normalized spacial score (nSPS) is 10.2. The van der Waals surface area contributed by atoms with Crippen molar-refractivity contribution in [2.75, 3.05) is 5.32 Å². The molecule has 102 valence electrons. The SMILES string of the molecule is CC(=O)c1cccc(NC(=O)c2cc(F)cnc2Cl)c1. The van der Waals surface area contributed by atoms with E-state index in [9.17, 15) is 14.0 Å². The van der Waals surface area contributed by atoms with Crippen molar-refractivity contribution in [3.05, 3.63) is 58.6 Å². The molecule has 1 N–H and O–H groups in total. The van der Waals surface area contributed by atoms with Crippen molar-refractivity contribution in [3.8, 4) is 0 Å². The fourth-order valence-corrected chi connectivity index (χ4v) is 1.79. The van der Waals surface area contributed by atoms with Crippen molar-refractivity contribution in [1.29, 1.82) is 0 Å². The summed E-state index contributed by atoms with van der Waals surface area (Å²) in [5, 5.41) is 2.45. The first-order chi connectivity index (χ1) is 9.47. The summed E-state index contributed by atoms with van der Waals surface area (Å²) in [6.07, 6.45) is 0.926. The highest BCUT2D eigenvalue weighted by atomic mass is 35.5. The molecule has 20 heavy (non-hydrogen) atoms. The number of halogens is 2. The summed E-state index contributed by atoms with van der Waals surface area (Å²) in [6, 6.07) is 7.41. The van der Waals surface area contributed by atoms with Crippen molar-refractivity contribution in [1.82, 2.24) is 4.98 Å². The third-order valence-electron chi connectivity index (χ3n) is 2.58. The third kappa shape index (κ3) is 3.19. The van der Waals surface area contributed by atoms with Crippen LogP contribution < -0.4 is 5.32 Å². The molecule has 1 heterocycles. The molecule has 1 amide bonds. The Balaban J connectivity index is 2.25. The van der Waals surface area contributed by atoms with Gasteiger partial charge in [-0.2, -0.15) is 0 Å². The molecule has 0 saturated heterocycles. The maximum Gasteiger partial charge on any atom is 0.258 e. The lowest BCUT2D eigenvalue weighted by atomic mass is 10.1. The van der Waals surface area contributed by atoms with Gasteiger partial charge in [0.15, 0.2) is 5.78 Å². The molecule has 2 rings (SSSR count). The van der Waals surface area contributed by atoms with E-state index in [1.807, 2.05) is 0 Å². The zero-order chi connectivity index (χ0) is 14.7. The number of nitrogens with one attached hydrogen (secondary N) is 1. The molecule has 0 aliphatic rings. The summed E-state index contributed by atoms with van der Waals surface area (Å²) >= 11 is 5.75. The lowest BCUT2D eigenvalue weighted by Crippen LogP contribution is -2.13. The van der Waals surface area contributed by atoms with Gasteiger partial charge in [0.05, 0.1) is 11.8 Å². The van der Waals surface area contributed by atoms with Gasteiger partial charge in [0, 0.05) is 11.3 Å². The molecule has 0 aliphatic heterocycles. The Bertz CT molecular complexity index is 689. The predicted molar refractivity (Wildman–Crippen MR) is 73.6 cm³/mol. The van der Waals surface area contributed by atoms with Crippen molar-refractivity contribution in [2.24, 2.45) is 0 Å². The first kappa shape index (κ1) is 14.1. The number of amides is 1. The number of hydrogen-bond donors (Lipinski definition) is 1. The molecule has 2 aromatic rings. The summed E-state index contributed by atoms with van der Waals surface area (Å²) in [5.41, 5.74) is 0.814. The van der Waals surface area contributed by atoms with Gasteiger partial charge in [-0.3, -0.25) is 9.59 Å². The maximum atomic E-state index is 13.1. The van der Waals surface area contributed by atoms with E-state index in [1.54, 1.807) is 18.2 Å². The van der Waals surface area contributed by atoms with Gasteiger partial charge in [0.1, 0.15) is 11.0 Å². The topological polar surface area (TPSA) is 59.1 Å². The highest BCUT2D eigenvalue weighted by Gasteiger charge is 2.13. The Hall–Kier alpha value is -2.27. The molecule has 6 heteroatoms. The maximum absolute atomic E-state index is 13.1. The highest BCUT2D eigenvalue weighted by molar-refractivity contribution is 6.33. The Morgan fingerprint density at radius 2 is 2.05 bits per heavy atom. The van der Waals surface area contributed by atoms with E-state index in [2.05, 4.69) is 10.3 Å². The zero-order valence-electron chi connectivity index (χ0n) is 10.5. The Morgan fingerprint density at radius 1 is 1.30 bits per heavy atom. The van der Waals surface area contributed by atoms with E-state index in [4.69, 9.17) is 11.6 Å². The molecule has 0 fully saturated rings. The number of hydrogen-bond acceptors (Lipinski definition) is 3. The summed E-state index contributed by atoms with van der Waals surface area (Å²) in [6.45, 7) is 1.42. The predicted octanol–water partition coefficient (Wildman–Crippen LogP) is 3.33. The van der Waals surface area contributed by atoms with Crippen LogP contribution in [0.1, 0.15) is 27.6 Å². The molecular formula is C14H10ClFN2O2. The summed E-state index contributed by atoms with van der Waals surface area (Å²) < 4.78 is 13.1. The first-order valence-electron chi connectivity index (χ1n) is 5.71. The zero-order valence-corrected chi connectivity index (χ0v) is 11.2. The molecule has 0 spiro atoms. The molecule has 1 aromatic heterocycles. The van der Waals surface area contributed by atoms with E-state index < -0.39 is 11.7 Å². The van der Waals surface area contributed by atoms with Crippen molar-refractivity contribution < 1.29 is 14.0 Å². The van der Waals surface area contributed by atoms with Crippen LogP contribution in [0.3, 0.4) is 0 Å². The minimum absolute atomic E-state index is 0.0695. The highest BCUT2D eigenvalue weighted by Crippen LogP contribution is 2.17. The molecule has 0 radical (unpaired) electrons. The molecule has 1 aromatic carbocycles. The van der Waals surface area contributed by atoms with Crippen molar-refractivity contribution in [2.45, 2.75) is 6.92 Å². The number of carbonyl (C=O) groups is 2. The second kappa shape index (κ2) is 5.79. The summed E-state index contributed by atoms with van der Waals surface area (Å²) in [4.78, 5) is 26.8. The van der Waals surface area contributed by atoms with Gasteiger partial charge in [-0.05, 0) is 25.1 Å². The molecule has 0 unspecified atom stereocenters. The Labute approximate surface area is 119 Å². The number of ketones is 1. The largest absolute Gasteiger partial charge is 0.322 e. The van der Waals surface area contributed by atoms with Crippen LogP contribution in [-0.2, 0) is 0 Å². The number of rotatable bonds is 3. The standard InChI is InChI=1S/C14H10ClFN2O2/c1-8(19)9-3-2-4-11(5-9)18-14(20)12-6-10(16)7-17-13(12)15/h2-7H,1H3,(H,18,20). The number of nitrogens with zero attached hydrogens (tertiary/aromatic N) is 1. The second-order valence-corrected chi connectivity index (χ2v) is 4.44. The monoisotopic (exact) mass is 292 g/mol. The lowest BCUT2D eigenvalue weighted by Gasteiger charge is -2.07. The lowest BCUT2D eigenvalue weighted by molar-refractivity contribution is 0.101. The molecule has 0 aliphatic carbocycles. The number of Topliss-reactive ketones (excluding diaryl/α,β-unsaturated/α-hetero) is 1. The number of benzene rings is 1. The first-order valence-corrected chi connectivity index (χ1v) is 6.08. The van der Waals surface area contributed by atoms with Crippen molar-refractivity contribution >= 4 is 29.0 Å². The second-order valence-electron chi connectivity index (χ2n) is 4.08. The van der Waals surface area contributed by atoms with Gasteiger partial charge < -0.3 is 5.32 Å². The van der Waals surface area contributed by atoms with Gasteiger partial charge in [0.2, 0.25) is 0 Å². The van der Waals surface area contributed by atoms with Gasteiger partial charge >= 0.3 is 0 Å². The molecule has 0 bridgehead atoms. The summed E-state index contributed by atoms with van der Waals surface area (Å²) in [5.74, 6) is -1.37. The minimum Gasteiger partial charge on any atom is -0.322 e. The van der Waals surface area contributed by atoms with Crippen LogP contribution in [0.25, 0.3) is 0 Å². The molecule has 0 saturated carbocycles. The number of carbonyl (C=O) groups excluding carboxylic acids is 2. The van der Waals surface area contributed by atoms with Gasteiger partial charge in [-0.25, -0.2) is 9.37 Å². The fraction of sp³-hybridized carbons (Fsp3) is 0.0714. The number of anilines is 1. The van der Waals surface area contributed by atoms with Gasteiger partial charge in [0.25, 0.3) is 5.91 Å².